The van der Waals surface area contributed by atoms with Crippen LogP contribution in [0.2, 0.25) is 0 Å². The van der Waals surface area contributed by atoms with E-state index >= 15 is 0 Å². The van der Waals surface area contributed by atoms with E-state index in [1.54, 1.807) is 0 Å². The summed E-state index contributed by atoms with van der Waals surface area (Å²) in [6, 6.07) is 0.775. The summed E-state index contributed by atoms with van der Waals surface area (Å²) in [6.07, 6.45) is 2.54. The van der Waals surface area contributed by atoms with Crippen molar-refractivity contribution in [1.29, 1.82) is 0 Å². The van der Waals surface area contributed by atoms with E-state index in [1.807, 2.05) is 0 Å². The molecule has 1 heterocycles. The lowest BCUT2D eigenvalue weighted by atomic mass is 10.0. The van der Waals surface area contributed by atoms with Gasteiger partial charge in [0, 0.05) is 12.6 Å². The van der Waals surface area contributed by atoms with Gasteiger partial charge < -0.3 is 10.6 Å². The Balaban J connectivity index is 2.27. The van der Waals surface area contributed by atoms with Gasteiger partial charge in [-0.25, -0.2) is 0 Å². The molecule has 1 rings (SSSR count). The molecule has 2 atom stereocenters. The fourth-order valence-electron chi connectivity index (χ4n) is 1.77. The maximum atomic E-state index is 5.48. The third kappa shape index (κ3) is 1.70. The predicted octanol–water partition coefficient (Wildman–Crippen LogP) is 0.675. The van der Waals surface area contributed by atoms with Gasteiger partial charge in [0.25, 0.3) is 0 Å². The lowest BCUT2D eigenvalue weighted by Gasteiger charge is -2.12. The van der Waals surface area contributed by atoms with Crippen molar-refractivity contribution in [2.24, 2.45) is 11.7 Å². The molecule has 0 aromatic heterocycles. The van der Waals surface area contributed by atoms with E-state index in [-0.39, 0.29) is 0 Å². The summed E-state index contributed by atoms with van der Waals surface area (Å²) in [5.41, 5.74) is 5.48. The van der Waals surface area contributed by atoms with Crippen molar-refractivity contribution < 1.29 is 0 Å². The Bertz CT molecular complexity index is 93.4. The predicted molar refractivity (Wildman–Crippen MR) is 43.9 cm³/mol. The van der Waals surface area contributed by atoms with Gasteiger partial charge in [-0.1, -0.05) is 0 Å². The molecular formula is C8H18N2. The fourth-order valence-corrected chi connectivity index (χ4v) is 1.77. The van der Waals surface area contributed by atoms with Crippen LogP contribution in [0.3, 0.4) is 0 Å². The van der Waals surface area contributed by atoms with Crippen molar-refractivity contribution >= 4 is 0 Å². The molecule has 60 valence electrons. The molecule has 10 heavy (non-hydrogen) atoms. The highest BCUT2D eigenvalue weighted by molar-refractivity contribution is 4.79. The molecule has 2 N–H and O–H groups in total. The van der Waals surface area contributed by atoms with Gasteiger partial charge in [-0.15, -0.1) is 0 Å². The maximum absolute atomic E-state index is 5.48. The number of rotatable bonds is 2. The van der Waals surface area contributed by atoms with Gasteiger partial charge >= 0.3 is 0 Å². The third-order valence-corrected chi connectivity index (χ3v) is 2.55. The van der Waals surface area contributed by atoms with E-state index in [9.17, 15) is 0 Å². The van der Waals surface area contributed by atoms with Gasteiger partial charge in [-0.3, -0.25) is 0 Å². The molecule has 0 radical (unpaired) electrons. The Hall–Kier alpha value is -0.0800. The smallest absolute Gasteiger partial charge is 0.00671 e. The second-order valence-electron chi connectivity index (χ2n) is 3.47. The minimum absolute atomic E-state index is 0.775. The highest BCUT2D eigenvalue weighted by Crippen LogP contribution is 2.22. The quantitative estimate of drug-likeness (QED) is 0.614. The van der Waals surface area contributed by atoms with Crippen molar-refractivity contribution in [1.82, 2.24) is 4.90 Å². The van der Waals surface area contributed by atoms with Crippen molar-refractivity contribution in [2.45, 2.75) is 25.8 Å². The van der Waals surface area contributed by atoms with Crippen LogP contribution in [-0.2, 0) is 0 Å². The Morgan fingerprint density at radius 2 is 2.30 bits per heavy atom. The summed E-state index contributed by atoms with van der Waals surface area (Å²) < 4.78 is 0. The first-order valence-electron chi connectivity index (χ1n) is 4.14. The zero-order chi connectivity index (χ0) is 7.56. The average molecular weight is 142 g/mol. The van der Waals surface area contributed by atoms with Gasteiger partial charge in [-0.05, 0) is 39.3 Å². The molecule has 0 saturated carbocycles. The monoisotopic (exact) mass is 142 g/mol. The second-order valence-corrected chi connectivity index (χ2v) is 3.47. The lowest BCUT2D eigenvalue weighted by molar-refractivity contribution is 0.324. The van der Waals surface area contributed by atoms with Crippen LogP contribution in [0.5, 0.6) is 0 Å². The third-order valence-electron chi connectivity index (χ3n) is 2.55. The first-order valence-corrected chi connectivity index (χ1v) is 4.14. The first kappa shape index (κ1) is 8.02. The zero-order valence-electron chi connectivity index (χ0n) is 7.01. The average Bonchev–Trinajstić information content (AvgIpc) is 2.14. The van der Waals surface area contributed by atoms with Crippen molar-refractivity contribution in [3.05, 3.63) is 0 Å². The van der Waals surface area contributed by atoms with Gasteiger partial charge in [-0.2, -0.15) is 0 Å². The number of hydrogen-bond donors (Lipinski definition) is 1. The van der Waals surface area contributed by atoms with Crippen LogP contribution in [0.4, 0.5) is 0 Å². The van der Waals surface area contributed by atoms with Gasteiger partial charge in [0.2, 0.25) is 0 Å². The Labute approximate surface area is 63.4 Å². The molecule has 2 nitrogen and oxygen atoms in total. The Morgan fingerprint density at radius 1 is 1.60 bits per heavy atom. The summed E-state index contributed by atoms with van der Waals surface area (Å²) in [5.74, 6) is 0.866. The Morgan fingerprint density at radius 3 is 2.70 bits per heavy atom. The lowest BCUT2D eigenvalue weighted by Crippen LogP contribution is -2.21. The second kappa shape index (κ2) is 3.35. The van der Waals surface area contributed by atoms with Crippen molar-refractivity contribution in [3.63, 3.8) is 0 Å². The Kier molecular flexibility index (Phi) is 2.69. The molecule has 1 aliphatic heterocycles. The van der Waals surface area contributed by atoms with E-state index in [0.29, 0.717) is 0 Å². The summed E-state index contributed by atoms with van der Waals surface area (Å²) in [5, 5.41) is 0. The molecule has 0 aromatic carbocycles. The van der Waals surface area contributed by atoms with Crippen molar-refractivity contribution in [2.75, 3.05) is 20.1 Å². The molecule has 1 saturated heterocycles. The van der Waals surface area contributed by atoms with Gasteiger partial charge in [0.1, 0.15) is 0 Å². The molecule has 0 aromatic rings. The van der Waals surface area contributed by atoms with Crippen LogP contribution in [0.1, 0.15) is 19.8 Å². The van der Waals surface area contributed by atoms with Gasteiger partial charge in [0.05, 0.1) is 0 Å². The minimum Gasteiger partial charge on any atom is -0.330 e. The molecule has 2 heteroatoms. The molecule has 0 aliphatic carbocycles. The van der Waals surface area contributed by atoms with Gasteiger partial charge in [0.15, 0.2) is 0 Å². The first-order chi connectivity index (χ1) is 4.74. The van der Waals surface area contributed by atoms with Crippen LogP contribution < -0.4 is 5.73 Å². The molecule has 1 fully saturated rings. The van der Waals surface area contributed by atoms with E-state index in [2.05, 4.69) is 18.9 Å². The van der Waals surface area contributed by atoms with Crippen LogP contribution >= 0.6 is 0 Å². The highest BCUT2D eigenvalue weighted by Gasteiger charge is 2.24. The molecule has 2 unspecified atom stereocenters. The SMILES string of the molecule is CC1CC(CCN)CN1C. The van der Waals surface area contributed by atoms with E-state index in [1.165, 1.54) is 19.4 Å². The standard InChI is InChI=1S/C8H18N2/c1-7-5-8(3-4-9)6-10(7)2/h7-8H,3-6,9H2,1-2H3. The molecule has 0 amide bonds. The number of likely N-dealkylation sites (tertiary alicyclic amines) is 1. The van der Waals surface area contributed by atoms with Crippen LogP contribution in [0.25, 0.3) is 0 Å². The summed E-state index contributed by atoms with van der Waals surface area (Å²) in [4.78, 5) is 2.42. The van der Waals surface area contributed by atoms with Crippen LogP contribution in [-0.4, -0.2) is 31.1 Å². The van der Waals surface area contributed by atoms with E-state index in [4.69, 9.17) is 5.73 Å². The molecule has 1 aliphatic rings. The molecular weight excluding hydrogens is 124 g/mol. The molecule has 0 spiro atoms. The number of nitrogens with two attached hydrogens (primary N) is 1. The van der Waals surface area contributed by atoms with Crippen LogP contribution in [0.15, 0.2) is 0 Å². The van der Waals surface area contributed by atoms with Crippen LogP contribution in [0, 0.1) is 5.92 Å². The normalized spacial score (nSPS) is 35.1. The van der Waals surface area contributed by atoms with Crippen molar-refractivity contribution in [3.8, 4) is 0 Å². The minimum atomic E-state index is 0.775. The topological polar surface area (TPSA) is 29.3 Å². The number of hydrogen-bond acceptors (Lipinski definition) is 2. The fraction of sp³-hybridized carbons (Fsp3) is 1.00. The highest BCUT2D eigenvalue weighted by atomic mass is 15.1. The summed E-state index contributed by atoms with van der Waals surface area (Å²) in [7, 11) is 2.20. The maximum Gasteiger partial charge on any atom is 0.00671 e. The van der Waals surface area contributed by atoms with E-state index < -0.39 is 0 Å². The zero-order valence-corrected chi connectivity index (χ0v) is 7.01. The largest absolute Gasteiger partial charge is 0.330 e. The molecule has 0 bridgehead atoms. The summed E-state index contributed by atoms with van der Waals surface area (Å²) >= 11 is 0. The summed E-state index contributed by atoms with van der Waals surface area (Å²) in [6.45, 7) is 4.39. The van der Waals surface area contributed by atoms with E-state index in [0.717, 1.165) is 18.5 Å². The number of nitrogens with zero attached hydrogens (tertiary/aromatic N) is 1.